The Balaban J connectivity index is 0.738. The van der Waals surface area contributed by atoms with Crippen LogP contribution in [0.25, 0.3) is 11.1 Å². The number of hydrogen-bond acceptors (Lipinski definition) is 13. The van der Waals surface area contributed by atoms with Crippen LogP contribution in [-0.4, -0.2) is 120 Å². The number of rotatable bonds is 23. The average Bonchev–Trinajstić information content (AvgIpc) is 4.16. The van der Waals surface area contributed by atoms with Crippen molar-refractivity contribution in [1.82, 2.24) is 20.0 Å². The number of unbranched alkanes of at least 4 members (excludes halogenated alkanes) is 2. The van der Waals surface area contributed by atoms with Crippen molar-refractivity contribution in [2.24, 2.45) is 21.8 Å². The largest absolute Gasteiger partial charge is 0.497 e. The van der Waals surface area contributed by atoms with E-state index in [1.165, 1.54) is 24.2 Å². The molecule has 0 aliphatic carbocycles. The van der Waals surface area contributed by atoms with Crippen LogP contribution in [0, 0.1) is 18.8 Å². The number of fused-ring (bicyclic) bond motifs is 4. The first-order chi connectivity index (χ1) is 38.4. The van der Waals surface area contributed by atoms with Crippen molar-refractivity contribution < 1.29 is 52.5 Å². The molecule has 0 fully saturated rings. The van der Waals surface area contributed by atoms with E-state index in [9.17, 15) is 33.6 Å². The van der Waals surface area contributed by atoms with Gasteiger partial charge in [0.1, 0.15) is 11.5 Å². The molecule has 0 bridgehead atoms. The second kappa shape index (κ2) is 24.1. The summed E-state index contributed by atoms with van der Waals surface area (Å²) in [6.45, 7) is 10.2. The van der Waals surface area contributed by atoms with Crippen LogP contribution in [0.3, 0.4) is 0 Å². The van der Waals surface area contributed by atoms with Gasteiger partial charge in [0, 0.05) is 99.4 Å². The molecule has 6 amide bonds. The van der Waals surface area contributed by atoms with Crippen molar-refractivity contribution >= 4 is 81.9 Å². The minimum atomic E-state index is -0.757. The molecule has 0 saturated heterocycles. The first-order valence-corrected chi connectivity index (χ1v) is 27.1. The van der Waals surface area contributed by atoms with Crippen molar-refractivity contribution in [1.29, 1.82) is 0 Å². The molecule has 5 aliphatic heterocycles. The standard InChI is InChI=1S/C62H67N7O11/c1-37(2)58(66-55(71)12-9-8-10-23-67-56(72)21-22-57(67)73)51(70)27-39(4)59(74)65-44-17-13-40(14-18-44)42-28-45-33-63-49-31-54(53(78-7)29-48(49)60(75)68(45)34-42)80-25-11-24-79-52-30-50-47(26-38(52)3)61(76)69-35-43(32-62(69,5)36-64-50)41-15-19-46(77-6)20-16-41/h13-22,26,29-31,33-37,39,45,58H,8-12,23-25,27-28,32H2,1-7H3,(H,65,74)(H,66,71)/t39-,45+,58+,62+/m1/s1. The summed E-state index contributed by atoms with van der Waals surface area (Å²) in [5, 5.41) is 5.75. The normalized spacial score (nSPS) is 18.6. The Morgan fingerprint density at radius 2 is 1.40 bits per heavy atom. The molecule has 5 aliphatic rings. The van der Waals surface area contributed by atoms with Gasteiger partial charge in [0.2, 0.25) is 11.8 Å². The number of imide groups is 1. The second-order valence-electron chi connectivity index (χ2n) is 21.4. The molecule has 0 spiro atoms. The smallest absolute Gasteiger partial charge is 0.260 e. The third kappa shape index (κ3) is 12.3. The molecular weight excluding hydrogens is 1020 g/mol. The fourth-order valence-electron chi connectivity index (χ4n) is 10.4. The Bertz CT molecular complexity index is 3250. The summed E-state index contributed by atoms with van der Waals surface area (Å²) in [5.74, 6) is -0.534. The number of hydrogen-bond donors (Lipinski definition) is 2. The monoisotopic (exact) mass is 1090 g/mol. The van der Waals surface area contributed by atoms with E-state index < -0.39 is 17.5 Å². The number of carbonyl (C=O) groups is 7. The van der Waals surface area contributed by atoms with E-state index in [2.05, 4.69) is 10.6 Å². The maximum atomic E-state index is 14.1. The predicted molar refractivity (Wildman–Crippen MR) is 304 cm³/mol. The number of benzene rings is 4. The number of Topliss-reactive ketones (excluding diaryl/α,β-unsaturated/α-hetero) is 1. The molecule has 80 heavy (non-hydrogen) atoms. The number of amides is 6. The highest BCUT2D eigenvalue weighted by Crippen LogP contribution is 2.43. The summed E-state index contributed by atoms with van der Waals surface area (Å²) in [6, 6.07) is 21.0. The molecule has 0 aromatic heterocycles. The van der Waals surface area contributed by atoms with Gasteiger partial charge >= 0.3 is 0 Å². The summed E-state index contributed by atoms with van der Waals surface area (Å²) in [6.07, 6.45) is 13.4. The fourth-order valence-corrected chi connectivity index (χ4v) is 10.4. The Morgan fingerprint density at radius 3 is 2.10 bits per heavy atom. The summed E-state index contributed by atoms with van der Waals surface area (Å²) < 4.78 is 23.4. The highest BCUT2D eigenvalue weighted by molar-refractivity contribution is 6.13. The Hall–Kier alpha value is -8.67. The van der Waals surface area contributed by atoms with Crippen LogP contribution in [0.2, 0.25) is 0 Å². The quantitative estimate of drug-likeness (QED) is 0.0527. The summed E-state index contributed by atoms with van der Waals surface area (Å²) in [7, 11) is 3.15. The Labute approximate surface area is 465 Å². The maximum absolute atomic E-state index is 14.1. The van der Waals surface area contributed by atoms with Gasteiger partial charge in [-0.15, -0.1) is 0 Å². The van der Waals surface area contributed by atoms with Gasteiger partial charge < -0.3 is 39.4 Å². The van der Waals surface area contributed by atoms with E-state index in [1.807, 2.05) is 94.8 Å². The van der Waals surface area contributed by atoms with Crippen LogP contribution in [0.15, 0.2) is 107 Å². The lowest BCUT2D eigenvalue weighted by atomic mass is 9.92. The van der Waals surface area contributed by atoms with E-state index in [-0.39, 0.29) is 72.6 Å². The minimum Gasteiger partial charge on any atom is -0.497 e. The summed E-state index contributed by atoms with van der Waals surface area (Å²) in [4.78, 5) is 105. The van der Waals surface area contributed by atoms with Crippen molar-refractivity contribution in [3.05, 3.63) is 125 Å². The Morgan fingerprint density at radius 1 is 0.738 bits per heavy atom. The topological polar surface area (TPSA) is 215 Å². The molecular formula is C62H67N7O11. The lowest BCUT2D eigenvalue weighted by Gasteiger charge is -2.29. The fraction of sp³-hybridized carbons (Fsp3) is 0.371. The second-order valence-corrected chi connectivity index (χ2v) is 21.4. The first-order valence-electron chi connectivity index (χ1n) is 27.1. The van der Waals surface area contributed by atoms with Crippen molar-refractivity contribution in [3.63, 3.8) is 0 Å². The van der Waals surface area contributed by atoms with Gasteiger partial charge in [-0.3, -0.25) is 48.4 Å². The molecule has 0 unspecified atom stereocenters. The summed E-state index contributed by atoms with van der Waals surface area (Å²) in [5.41, 5.74) is 6.43. The highest BCUT2D eigenvalue weighted by Gasteiger charge is 2.42. The van der Waals surface area contributed by atoms with E-state index in [1.54, 1.807) is 54.3 Å². The molecule has 0 radical (unpaired) electrons. The lowest BCUT2D eigenvalue weighted by Crippen LogP contribution is -2.45. The van der Waals surface area contributed by atoms with Gasteiger partial charge in [0.25, 0.3) is 23.6 Å². The number of nitrogens with one attached hydrogen (secondary N) is 2. The van der Waals surface area contributed by atoms with E-state index >= 15 is 0 Å². The molecule has 9 rings (SSSR count). The SMILES string of the molecule is COc1ccc(C2=CN3C(=O)c4cc(C)c(OCCCOc5cc6c(cc5OC)C(=O)N5C=C(c7ccc(NC(=O)[C@H](C)CC(=O)[C@@H](NC(=O)CCCCCN8C(=O)C=CC8=O)C(C)C)cc7)C[C@H]5C=N6)cc4N=C[C@]3(C)C2)cc1. The van der Waals surface area contributed by atoms with Crippen LogP contribution in [0.1, 0.15) is 116 Å². The number of aliphatic imine (C=N–C) groups is 2. The highest BCUT2D eigenvalue weighted by atomic mass is 16.5. The third-order valence-corrected chi connectivity index (χ3v) is 15.1. The van der Waals surface area contributed by atoms with Gasteiger partial charge in [-0.05, 0) is 96.8 Å². The molecule has 4 aromatic carbocycles. The van der Waals surface area contributed by atoms with E-state index in [0.717, 1.165) is 33.6 Å². The summed E-state index contributed by atoms with van der Waals surface area (Å²) >= 11 is 0. The number of methoxy groups -OCH3 is 2. The number of nitrogens with zero attached hydrogens (tertiary/aromatic N) is 5. The first kappa shape index (κ1) is 56.1. The predicted octanol–water partition coefficient (Wildman–Crippen LogP) is 9.35. The van der Waals surface area contributed by atoms with Gasteiger partial charge in [0.05, 0.1) is 67.6 Å². The molecule has 18 heteroatoms. The number of carbonyl (C=O) groups excluding carboxylic acids is 7. The van der Waals surface area contributed by atoms with E-state index in [0.29, 0.717) is 97.1 Å². The van der Waals surface area contributed by atoms with Gasteiger partial charge in [0.15, 0.2) is 17.3 Å². The lowest BCUT2D eigenvalue weighted by molar-refractivity contribution is -0.137. The maximum Gasteiger partial charge on any atom is 0.260 e. The number of ether oxygens (including phenoxy) is 4. The van der Waals surface area contributed by atoms with Crippen molar-refractivity contribution in [2.45, 2.75) is 104 Å². The van der Waals surface area contributed by atoms with Gasteiger partial charge in [-0.2, -0.15) is 0 Å². The van der Waals surface area contributed by atoms with Crippen LogP contribution in [0.4, 0.5) is 17.1 Å². The molecule has 4 atom stereocenters. The average molecular weight is 1090 g/mol. The minimum absolute atomic E-state index is 0.0654. The van der Waals surface area contributed by atoms with Gasteiger partial charge in [-0.1, -0.05) is 51.5 Å². The zero-order valence-electron chi connectivity index (χ0n) is 46.2. The molecule has 416 valence electrons. The van der Waals surface area contributed by atoms with Crippen molar-refractivity contribution in [3.8, 4) is 23.0 Å². The molecule has 4 aromatic rings. The molecule has 5 heterocycles. The zero-order valence-corrected chi connectivity index (χ0v) is 46.2. The third-order valence-electron chi connectivity index (χ3n) is 15.1. The zero-order chi connectivity index (χ0) is 56.8. The number of anilines is 1. The molecule has 0 saturated carbocycles. The van der Waals surface area contributed by atoms with E-state index in [4.69, 9.17) is 28.9 Å². The van der Waals surface area contributed by atoms with Crippen LogP contribution < -0.4 is 29.6 Å². The van der Waals surface area contributed by atoms with Gasteiger partial charge in [-0.25, -0.2) is 0 Å². The van der Waals surface area contributed by atoms with Crippen molar-refractivity contribution in [2.75, 3.05) is 39.3 Å². The van der Waals surface area contributed by atoms with Crippen LogP contribution in [-0.2, 0) is 24.0 Å². The number of aryl methyl sites for hydroxylation is 1. The van der Waals surface area contributed by atoms with Crippen LogP contribution in [0.5, 0.6) is 23.0 Å². The molecule has 18 nitrogen and oxygen atoms in total. The molecule has 2 N–H and O–H groups in total. The van der Waals surface area contributed by atoms with Crippen LogP contribution >= 0.6 is 0 Å². The Kier molecular flexibility index (Phi) is 16.9. The number of ketones is 1.